The standard InChI is InChI=1S/C11H13N3O2S.CH3NOS/c1-16-10-5-9(6-13-7-10)8-14(11(15)17)4-2-3-12;2-1(3)4/h5-7H,2,4,8H2,1H3,(H,15,17);(H3,2,3,4). The van der Waals surface area contributed by atoms with Gasteiger partial charge in [0.05, 0.1) is 25.8 Å². The average molecular weight is 328 g/mol. The first-order valence-corrected chi connectivity index (χ1v) is 6.61. The molecule has 0 aliphatic rings. The van der Waals surface area contributed by atoms with Crippen LogP contribution in [0.4, 0.5) is 9.59 Å². The van der Waals surface area contributed by atoms with E-state index < -0.39 is 5.24 Å². The fourth-order valence-corrected chi connectivity index (χ4v) is 1.48. The molecule has 0 bridgehead atoms. The maximum Gasteiger partial charge on any atom is 0.278 e. The number of nitrogens with zero attached hydrogens (tertiary/aromatic N) is 3. The predicted molar refractivity (Wildman–Crippen MR) is 84.4 cm³/mol. The smallest absolute Gasteiger partial charge is 0.278 e. The van der Waals surface area contributed by atoms with Crippen molar-refractivity contribution in [3.8, 4) is 11.8 Å². The molecule has 2 N–H and O–H groups in total. The van der Waals surface area contributed by atoms with Crippen LogP contribution in [0.2, 0.25) is 0 Å². The van der Waals surface area contributed by atoms with E-state index in [1.807, 2.05) is 6.07 Å². The Kier molecular flexibility index (Phi) is 9.83. The fraction of sp³-hybridized carbons (Fsp3) is 0.333. The molecule has 1 aromatic heterocycles. The molecule has 0 fully saturated rings. The lowest BCUT2D eigenvalue weighted by atomic mass is 10.2. The molecule has 0 unspecified atom stereocenters. The summed E-state index contributed by atoms with van der Waals surface area (Å²) in [6.07, 6.45) is 3.52. The third-order valence-electron chi connectivity index (χ3n) is 2.14. The molecule has 1 heterocycles. The highest BCUT2D eigenvalue weighted by molar-refractivity contribution is 7.96. The molecular formula is C12H16N4O3S2. The lowest BCUT2D eigenvalue weighted by Gasteiger charge is -2.18. The summed E-state index contributed by atoms with van der Waals surface area (Å²) in [7, 11) is 1.55. The number of rotatable bonds is 5. The quantitative estimate of drug-likeness (QED) is 0.715. The van der Waals surface area contributed by atoms with Crippen LogP contribution < -0.4 is 10.5 Å². The van der Waals surface area contributed by atoms with Crippen molar-refractivity contribution in [2.24, 2.45) is 5.73 Å². The van der Waals surface area contributed by atoms with Crippen LogP contribution in [0.25, 0.3) is 0 Å². The Labute approximate surface area is 133 Å². The summed E-state index contributed by atoms with van der Waals surface area (Å²) in [5, 5.41) is 7.50. The first-order chi connectivity index (χ1) is 9.90. The van der Waals surface area contributed by atoms with Crippen LogP contribution in [0.3, 0.4) is 0 Å². The lowest BCUT2D eigenvalue weighted by Crippen LogP contribution is -2.26. The summed E-state index contributed by atoms with van der Waals surface area (Å²) < 4.78 is 5.04. The average Bonchev–Trinajstić information content (AvgIpc) is 2.42. The van der Waals surface area contributed by atoms with Gasteiger partial charge in [0.1, 0.15) is 5.75 Å². The van der Waals surface area contributed by atoms with E-state index in [-0.39, 0.29) is 11.7 Å². The number of nitriles is 1. The fourth-order valence-electron chi connectivity index (χ4n) is 1.31. The van der Waals surface area contributed by atoms with E-state index in [0.29, 0.717) is 18.8 Å². The van der Waals surface area contributed by atoms with Crippen LogP contribution in [0, 0.1) is 11.3 Å². The third kappa shape index (κ3) is 9.59. The molecule has 21 heavy (non-hydrogen) atoms. The van der Waals surface area contributed by atoms with E-state index >= 15 is 0 Å². The van der Waals surface area contributed by atoms with Crippen LogP contribution in [0.5, 0.6) is 5.75 Å². The zero-order valence-corrected chi connectivity index (χ0v) is 13.2. The molecular weight excluding hydrogens is 312 g/mol. The van der Waals surface area contributed by atoms with Crippen LogP contribution >= 0.6 is 25.3 Å². The van der Waals surface area contributed by atoms with Gasteiger partial charge in [-0.3, -0.25) is 14.6 Å². The number of thiol groups is 2. The molecule has 7 nitrogen and oxygen atoms in total. The van der Waals surface area contributed by atoms with E-state index in [2.05, 4.69) is 36.0 Å². The lowest BCUT2D eigenvalue weighted by molar-refractivity contribution is 0.222. The topological polar surface area (TPSA) is 109 Å². The number of amides is 2. The van der Waals surface area contributed by atoms with Gasteiger partial charge in [0, 0.05) is 19.3 Å². The van der Waals surface area contributed by atoms with Crippen molar-refractivity contribution in [2.45, 2.75) is 13.0 Å². The number of hydrogen-bond acceptors (Lipinski definition) is 5. The van der Waals surface area contributed by atoms with Gasteiger partial charge >= 0.3 is 0 Å². The Hall–Kier alpha value is -1.92. The number of ether oxygens (including phenoxy) is 1. The SMILES string of the molecule is COc1cncc(CN(CCC#N)C(=O)S)c1.NC(=O)S. The molecule has 0 spiro atoms. The van der Waals surface area contributed by atoms with Crippen LogP contribution in [0.15, 0.2) is 18.5 Å². The first kappa shape index (κ1) is 19.1. The van der Waals surface area contributed by atoms with Crippen molar-refractivity contribution in [1.82, 2.24) is 9.88 Å². The number of carbonyl (C=O) groups is 2. The van der Waals surface area contributed by atoms with Gasteiger partial charge in [0.15, 0.2) is 0 Å². The van der Waals surface area contributed by atoms with Crippen molar-refractivity contribution in [3.05, 3.63) is 24.0 Å². The zero-order valence-electron chi connectivity index (χ0n) is 11.4. The second kappa shape index (κ2) is 10.8. The van der Waals surface area contributed by atoms with Crippen molar-refractivity contribution in [3.63, 3.8) is 0 Å². The molecule has 114 valence electrons. The molecule has 0 atom stereocenters. The number of primary amides is 1. The molecule has 2 amide bonds. The second-order valence-corrected chi connectivity index (χ2v) is 4.51. The van der Waals surface area contributed by atoms with Crippen molar-refractivity contribution < 1.29 is 14.3 Å². The van der Waals surface area contributed by atoms with E-state index in [1.54, 1.807) is 25.6 Å². The van der Waals surface area contributed by atoms with E-state index in [9.17, 15) is 4.79 Å². The molecule has 0 radical (unpaired) electrons. The molecule has 1 rings (SSSR count). The Morgan fingerprint density at radius 2 is 2.10 bits per heavy atom. The summed E-state index contributed by atoms with van der Waals surface area (Å²) in [5.41, 5.74) is 5.17. The minimum absolute atomic E-state index is 0.281. The normalized spacial score (nSPS) is 8.86. The molecule has 9 heteroatoms. The Morgan fingerprint density at radius 1 is 1.48 bits per heavy atom. The summed E-state index contributed by atoms with van der Waals surface area (Å²) in [6.45, 7) is 0.726. The predicted octanol–water partition coefficient (Wildman–Crippen LogP) is 1.85. The molecule has 0 aliphatic heterocycles. The number of hydrogen-bond donors (Lipinski definition) is 3. The number of nitrogens with two attached hydrogens (primary N) is 1. The van der Waals surface area contributed by atoms with Crippen LogP contribution in [-0.4, -0.2) is 34.0 Å². The maximum atomic E-state index is 11.2. The summed E-state index contributed by atoms with van der Waals surface area (Å²) in [4.78, 5) is 25.8. The molecule has 1 aromatic rings. The molecule has 0 aliphatic carbocycles. The van der Waals surface area contributed by atoms with Crippen molar-refractivity contribution >= 4 is 35.7 Å². The third-order valence-corrected chi connectivity index (χ3v) is 2.43. The van der Waals surface area contributed by atoms with Crippen LogP contribution in [0.1, 0.15) is 12.0 Å². The number of pyridine rings is 1. The number of carbonyl (C=O) groups excluding carboxylic acids is 2. The Balaban J connectivity index is 0.000000885. The number of methoxy groups -OCH3 is 1. The van der Waals surface area contributed by atoms with Crippen molar-refractivity contribution in [2.75, 3.05) is 13.7 Å². The largest absolute Gasteiger partial charge is 0.495 e. The van der Waals surface area contributed by atoms with Gasteiger partial charge in [-0.15, -0.1) is 0 Å². The van der Waals surface area contributed by atoms with Gasteiger partial charge in [0.2, 0.25) is 0 Å². The highest BCUT2D eigenvalue weighted by Gasteiger charge is 2.10. The molecule has 0 saturated carbocycles. The van der Waals surface area contributed by atoms with Gasteiger partial charge in [-0.25, -0.2) is 0 Å². The van der Waals surface area contributed by atoms with Gasteiger partial charge in [-0.2, -0.15) is 5.26 Å². The second-order valence-electron chi connectivity index (χ2n) is 3.68. The van der Waals surface area contributed by atoms with E-state index in [4.69, 9.17) is 14.8 Å². The van der Waals surface area contributed by atoms with Gasteiger partial charge < -0.3 is 15.4 Å². The monoisotopic (exact) mass is 328 g/mol. The summed E-state index contributed by atoms with van der Waals surface area (Å²) in [6, 6.07) is 3.79. The minimum Gasteiger partial charge on any atom is -0.495 e. The maximum absolute atomic E-state index is 11.2. The first-order valence-electron chi connectivity index (χ1n) is 5.71. The van der Waals surface area contributed by atoms with Gasteiger partial charge in [-0.05, 0) is 11.6 Å². The number of aromatic nitrogens is 1. The zero-order chi connectivity index (χ0) is 16.3. The van der Waals surface area contributed by atoms with Crippen molar-refractivity contribution in [1.29, 1.82) is 5.26 Å². The van der Waals surface area contributed by atoms with Crippen LogP contribution in [-0.2, 0) is 6.54 Å². The molecule has 0 aromatic carbocycles. The highest BCUT2D eigenvalue weighted by Crippen LogP contribution is 2.13. The molecule has 0 saturated heterocycles. The van der Waals surface area contributed by atoms with Gasteiger partial charge in [0.25, 0.3) is 10.5 Å². The highest BCUT2D eigenvalue weighted by atomic mass is 32.1. The summed E-state index contributed by atoms with van der Waals surface area (Å²) >= 11 is 6.88. The Morgan fingerprint density at radius 3 is 2.57 bits per heavy atom. The van der Waals surface area contributed by atoms with E-state index in [1.165, 1.54) is 4.90 Å². The minimum atomic E-state index is -0.639. The summed E-state index contributed by atoms with van der Waals surface area (Å²) in [5.74, 6) is 0.634. The Bertz CT molecular complexity index is 515. The van der Waals surface area contributed by atoms with Gasteiger partial charge in [-0.1, -0.05) is 25.3 Å². The van der Waals surface area contributed by atoms with E-state index in [0.717, 1.165) is 5.56 Å².